The maximum Gasteiger partial charge on any atom is 0.251 e. The summed E-state index contributed by atoms with van der Waals surface area (Å²) in [7, 11) is 0. The molecule has 0 aliphatic heterocycles. The van der Waals surface area contributed by atoms with E-state index >= 15 is 0 Å². The number of amides is 1. The lowest BCUT2D eigenvalue weighted by Crippen LogP contribution is -2.12. The number of fused-ring (bicyclic) bond motifs is 1. The van der Waals surface area contributed by atoms with Gasteiger partial charge in [-0.2, -0.15) is 5.10 Å². The Morgan fingerprint density at radius 3 is 3.00 bits per heavy atom. The van der Waals surface area contributed by atoms with Crippen molar-refractivity contribution in [3.63, 3.8) is 0 Å². The van der Waals surface area contributed by atoms with Crippen LogP contribution in [0.3, 0.4) is 0 Å². The highest BCUT2D eigenvalue weighted by Gasteiger charge is 2.01. The number of primary amides is 1. The molecule has 5 nitrogen and oxygen atoms in total. The van der Waals surface area contributed by atoms with Crippen molar-refractivity contribution in [3.05, 3.63) is 30.2 Å². The molecule has 0 spiro atoms. The van der Waals surface area contributed by atoms with E-state index in [1.54, 1.807) is 18.5 Å². The third-order valence-corrected chi connectivity index (χ3v) is 1.53. The number of halogens is 1. The van der Waals surface area contributed by atoms with Gasteiger partial charge >= 0.3 is 0 Å². The molecule has 2 N–H and O–H groups in total. The van der Waals surface area contributed by atoms with E-state index in [1.807, 2.05) is 0 Å². The summed E-state index contributed by atoms with van der Waals surface area (Å²) in [6.07, 6.45) is 4.58. The molecule has 6 heteroatoms. The molecule has 0 saturated carbocycles. The zero-order chi connectivity index (χ0) is 8.55. The summed E-state index contributed by atoms with van der Waals surface area (Å²) in [6.45, 7) is 0. The Labute approximate surface area is 80.0 Å². The van der Waals surface area contributed by atoms with Gasteiger partial charge < -0.3 is 5.73 Å². The molecule has 2 rings (SSSR count). The number of rotatable bonds is 1. The lowest BCUT2D eigenvalue weighted by molar-refractivity contribution is 0.0999. The quantitative estimate of drug-likeness (QED) is 0.714. The summed E-state index contributed by atoms with van der Waals surface area (Å²) in [5.41, 5.74) is 6.10. The van der Waals surface area contributed by atoms with Gasteiger partial charge in [-0.25, -0.2) is 9.50 Å². The molecule has 0 aliphatic carbocycles. The van der Waals surface area contributed by atoms with E-state index in [0.717, 1.165) is 0 Å². The van der Waals surface area contributed by atoms with Crippen molar-refractivity contribution in [2.24, 2.45) is 5.73 Å². The fraction of sp³-hybridized carbons (Fsp3) is 0. The minimum Gasteiger partial charge on any atom is -0.366 e. The second kappa shape index (κ2) is 3.40. The average Bonchev–Trinajstić information content (AvgIpc) is 2.49. The van der Waals surface area contributed by atoms with Crippen molar-refractivity contribution in [2.45, 2.75) is 0 Å². The predicted molar refractivity (Wildman–Crippen MR) is 48.8 cm³/mol. The Hall–Kier alpha value is -1.62. The largest absolute Gasteiger partial charge is 0.366 e. The van der Waals surface area contributed by atoms with Crippen LogP contribution >= 0.6 is 12.4 Å². The van der Waals surface area contributed by atoms with Gasteiger partial charge in [0.25, 0.3) is 5.91 Å². The number of carbonyl (C=O) groups excluding carboxylic acids is 1. The molecule has 13 heavy (non-hydrogen) atoms. The first-order chi connectivity index (χ1) is 5.77. The summed E-state index contributed by atoms with van der Waals surface area (Å²) < 4.78 is 1.50. The van der Waals surface area contributed by atoms with Crippen molar-refractivity contribution in [1.29, 1.82) is 0 Å². The molecule has 0 radical (unpaired) electrons. The molecule has 0 bridgehead atoms. The lowest BCUT2D eigenvalue weighted by Gasteiger charge is -1.94. The van der Waals surface area contributed by atoms with Crippen molar-refractivity contribution in [1.82, 2.24) is 14.6 Å². The van der Waals surface area contributed by atoms with Gasteiger partial charge in [-0.05, 0) is 0 Å². The van der Waals surface area contributed by atoms with Crippen LogP contribution in [0.25, 0.3) is 5.65 Å². The standard InChI is InChI=1S/C7H6N4O.ClH/c8-7(12)5-3-9-6-1-2-10-11(6)4-5;/h1-4H,(H2,8,12);1H. The average molecular weight is 199 g/mol. The van der Waals surface area contributed by atoms with Crippen molar-refractivity contribution >= 4 is 24.0 Å². The van der Waals surface area contributed by atoms with E-state index < -0.39 is 5.91 Å². The first-order valence-corrected chi connectivity index (χ1v) is 3.36. The topological polar surface area (TPSA) is 73.3 Å². The highest BCUT2D eigenvalue weighted by Crippen LogP contribution is 1.99. The molecule has 0 unspecified atom stereocenters. The first-order valence-electron chi connectivity index (χ1n) is 3.36. The normalized spacial score (nSPS) is 9.54. The van der Waals surface area contributed by atoms with Gasteiger partial charge in [0.1, 0.15) is 0 Å². The Morgan fingerprint density at radius 2 is 2.31 bits per heavy atom. The molecule has 2 aromatic heterocycles. The van der Waals surface area contributed by atoms with Gasteiger partial charge in [0.05, 0.1) is 11.8 Å². The maximum atomic E-state index is 10.7. The van der Waals surface area contributed by atoms with E-state index in [2.05, 4.69) is 10.1 Å². The van der Waals surface area contributed by atoms with Crippen LogP contribution in [-0.4, -0.2) is 20.5 Å². The molecular formula is C7H7ClN4O. The molecule has 2 aromatic rings. The summed E-state index contributed by atoms with van der Waals surface area (Å²) in [5.74, 6) is -0.500. The number of hydrogen-bond acceptors (Lipinski definition) is 3. The lowest BCUT2D eigenvalue weighted by atomic mass is 10.3. The molecule has 1 amide bonds. The van der Waals surface area contributed by atoms with E-state index in [1.165, 1.54) is 10.7 Å². The second-order valence-corrected chi connectivity index (χ2v) is 2.34. The van der Waals surface area contributed by atoms with Crippen LogP contribution in [0, 0.1) is 0 Å². The number of nitrogens with zero attached hydrogens (tertiary/aromatic N) is 3. The Kier molecular flexibility index (Phi) is 2.48. The predicted octanol–water partition coefficient (Wildman–Crippen LogP) is 0.250. The van der Waals surface area contributed by atoms with Gasteiger partial charge in [0.2, 0.25) is 0 Å². The fourth-order valence-electron chi connectivity index (χ4n) is 0.937. The first kappa shape index (κ1) is 9.47. The second-order valence-electron chi connectivity index (χ2n) is 2.34. The van der Waals surface area contributed by atoms with Crippen LogP contribution in [0.5, 0.6) is 0 Å². The minimum absolute atomic E-state index is 0. The van der Waals surface area contributed by atoms with Crippen LogP contribution in [0.2, 0.25) is 0 Å². The van der Waals surface area contributed by atoms with Crippen LogP contribution in [-0.2, 0) is 0 Å². The van der Waals surface area contributed by atoms with Gasteiger partial charge in [-0.1, -0.05) is 0 Å². The third kappa shape index (κ3) is 1.59. The van der Waals surface area contributed by atoms with Crippen LogP contribution < -0.4 is 5.73 Å². The highest BCUT2D eigenvalue weighted by molar-refractivity contribution is 5.92. The zero-order valence-corrected chi connectivity index (χ0v) is 7.36. The molecular weight excluding hydrogens is 192 g/mol. The molecule has 0 aromatic carbocycles. The minimum atomic E-state index is -0.500. The van der Waals surface area contributed by atoms with Crippen molar-refractivity contribution in [2.75, 3.05) is 0 Å². The Balaban J connectivity index is 0.000000845. The summed E-state index contributed by atoms with van der Waals surface area (Å²) >= 11 is 0. The molecule has 0 atom stereocenters. The van der Waals surface area contributed by atoms with Gasteiger partial charge in [-0.15, -0.1) is 12.4 Å². The SMILES string of the molecule is Cl.NC(=O)c1cnc2ccnn2c1. The Bertz CT molecular complexity index is 439. The number of carbonyl (C=O) groups is 1. The smallest absolute Gasteiger partial charge is 0.251 e. The van der Waals surface area contributed by atoms with E-state index in [4.69, 9.17) is 5.73 Å². The van der Waals surface area contributed by atoms with E-state index in [0.29, 0.717) is 11.2 Å². The number of nitrogens with two attached hydrogens (primary N) is 1. The van der Waals surface area contributed by atoms with Crippen LogP contribution in [0.1, 0.15) is 10.4 Å². The van der Waals surface area contributed by atoms with Gasteiger partial charge in [-0.3, -0.25) is 4.79 Å². The van der Waals surface area contributed by atoms with Crippen LogP contribution in [0.4, 0.5) is 0 Å². The monoisotopic (exact) mass is 198 g/mol. The fourth-order valence-corrected chi connectivity index (χ4v) is 0.937. The summed E-state index contributed by atoms with van der Waals surface area (Å²) in [6, 6.07) is 1.74. The van der Waals surface area contributed by atoms with Gasteiger partial charge in [0.15, 0.2) is 5.65 Å². The molecule has 68 valence electrons. The zero-order valence-electron chi connectivity index (χ0n) is 6.54. The van der Waals surface area contributed by atoms with E-state index in [9.17, 15) is 4.79 Å². The molecule has 2 heterocycles. The highest BCUT2D eigenvalue weighted by atomic mass is 35.5. The summed E-state index contributed by atoms with van der Waals surface area (Å²) in [5, 5.41) is 3.91. The summed E-state index contributed by atoms with van der Waals surface area (Å²) in [4.78, 5) is 14.7. The van der Waals surface area contributed by atoms with E-state index in [-0.39, 0.29) is 12.4 Å². The molecule has 0 fully saturated rings. The van der Waals surface area contributed by atoms with Gasteiger partial charge in [0, 0.05) is 18.5 Å². The molecule has 0 aliphatic rings. The maximum absolute atomic E-state index is 10.7. The third-order valence-electron chi connectivity index (χ3n) is 1.53. The molecule has 0 saturated heterocycles. The Morgan fingerprint density at radius 1 is 1.54 bits per heavy atom. The van der Waals surface area contributed by atoms with Crippen molar-refractivity contribution < 1.29 is 4.79 Å². The van der Waals surface area contributed by atoms with Crippen LogP contribution in [0.15, 0.2) is 24.7 Å². The van der Waals surface area contributed by atoms with Crippen molar-refractivity contribution in [3.8, 4) is 0 Å². The number of hydrogen-bond donors (Lipinski definition) is 1. The number of aromatic nitrogens is 3.